The number of amides is 1. The van der Waals surface area contributed by atoms with Gasteiger partial charge in [0.05, 0.1) is 11.7 Å². The van der Waals surface area contributed by atoms with Gasteiger partial charge in [-0.15, -0.1) is 0 Å². The van der Waals surface area contributed by atoms with Crippen molar-refractivity contribution in [1.29, 1.82) is 0 Å². The van der Waals surface area contributed by atoms with E-state index in [0.717, 1.165) is 49.3 Å². The second-order valence-electron chi connectivity index (χ2n) is 7.89. The largest absolute Gasteiger partial charge is 0.326 e. The first kappa shape index (κ1) is 19.9. The average molecular weight is 414 g/mol. The van der Waals surface area contributed by atoms with Crippen LogP contribution in [0.25, 0.3) is 11.1 Å². The van der Waals surface area contributed by atoms with Gasteiger partial charge in [-0.05, 0) is 74.2 Å². The molecule has 1 amide bonds. The summed E-state index contributed by atoms with van der Waals surface area (Å²) in [6.45, 7) is 4.74. The van der Waals surface area contributed by atoms with Crippen molar-refractivity contribution in [2.75, 3.05) is 35.4 Å². The molecule has 3 fully saturated rings. The minimum absolute atomic E-state index is 0.0432. The number of nitrogens with zero attached hydrogens (tertiary/aromatic N) is 1. The van der Waals surface area contributed by atoms with Crippen molar-refractivity contribution >= 4 is 27.3 Å². The Hall–Kier alpha value is -2.38. The quantitative estimate of drug-likeness (QED) is 0.761. The summed E-state index contributed by atoms with van der Waals surface area (Å²) < 4.78 is 25.9. The molecule has 0 aliphatic carbocycles. The lowest BCUT2D eigenvalue weighted by Gasteiger charge is -2.43. The third kappa shape index (κ3) is 4.62. The summed E-state index contributed by atoms with van der Waals surface area (Å²) >= 11 is 0. The molecular formula is C22H27N3O3S. The Morgan fingerprint density at radius 3 is 2.00 bits per heavy atom. The van der Waals surface area contributed by atoms with E-state index in [-0.39, 0.29) is 17.6 Å². The van der Waals surface area contributed by atoms with Gasteiger partial charge in [-0.2, -0.15) is 0 Å². The summed E-state index contributed by atoms with van der Waals surface area (Å²) in [6, 6.07) is 15.1. The molecule has 2 bridgehead atoms. The summed E-state index contributed by atoms with van der Waals surface area (Å²) in [7, 11) is -3.27. The maximum Gasteiger partial charge on any atom is 0.232 e. The van der Waals surface area contributed by atoms with Gasteiger partial charge in [0.25, 0.3) is 0 Å². The van der Waals surface area contributed by atoms with E-state index in [1.807, 2.05) is 36.4 Å². The topological polar surface area (TPSA) is 78.5 Å². The van der Waals surface area contributed by atoms with E-state index in [9.17, 15) is 13.2 Å². The number of fused-ring (bicyclic) bond motifs is 3. The molecular weight excluding hydrogens is 386 g/mol. The van der Waals surface area contributed by atoms with Crippen LogP contribution in [0, 0.1) is 11.8 Å². The molecule has 2 aromatic carbocycles. The monoisotopic (exact) mass is 413 g/mol. The van der Waals surface area contributed by atoms with E-state index in [1.54, 1.807) is 19.1 Å². The third-order valence-corrected chi connectivity index (χ3v) is 7.32. The van der Waals surface area contributed by atoms with E-state index in [1.165, 1.54) is 0 Å². The van der Waals surface area contributed by atoms with Crippen molar-refractivity contribution in [3.63, 3.8) is 0 Å². The van der Waals surface area contributed by atoms with Crippen LogP contribution < -0.4 is 10.0 Å². The molecule has 1 atom stereocenters. The number of anilines is 2. The zero-order valence-electron chi connectivity index (χ0n) is 16.6. The maximum atomic E-state index is 12.7. The van der Waals surface area contributed by atoms with Crippen LogP contribution in [0.15, 0.2) is 48.5 Å². The summed E-state index contributed by atoms with van der Waals surface area (Å²) in [5.41, 5.74) is 3.36. The van der Waals surface area contributed by atoms with E-state index in [2.05, 4.69) is 14.9 Å². The molecule has 2 N–H and O–H groups in total. The molecule has 1 unspecified atom stereocenters. The minimum atomic E-state index is -3.27. The van der Waals surface area contributed by atoms with Gasteiger partial charge in [-0.3, -0.25) is 9.52 Å². The lowest BCUT2D eigenvalue weighted by Crippen LogP contribution is -2.51. The Morgan fingerprint density at radius 1 is 0.966 bits per heavy atom. The minimum Gasteiger partial charge on any atom is -0.326 e. The van der Waals surface area contributed by atoms with Crippen molar-refractivity contribution in [2.24, 2.45) is 11.8 Å². The number of carbonyl (C=O) groups is 1. The Bertz CT molecular complexity index is 963. The fraction of sp³-hybridized carbons (Fsp3) is 0.409. The number of nitrogens with one attached hydrogen (secondary N) is 2. The first-order valence-corrected chi connectivity index (χ1v) is 11.8. The molecule has 154 valence electrons. The molecule has 3 aliphatic heterocycles. The molecule has 3 heterocycles. The number of hydrogen-bond acceptors (Lipinski definition) is 4. The molecule has 3 aliphatic rings. The second kappa shape index (κ2) is 8.16. The zero-order valence-corrected chi connectivity index (χ0v) is 17.4. The number of hydrogen-bond donors (Lipinski definition) is 2. The first-order valence-electron chi connectivity index (χ1n) is 10.2. The van der Waals surface area contributed by atoms with E-state index < -0.39 is 10.0 Å². The van der Waals surface area contributed by atoms with Crippen molar-refractivity contribution in [3.05, 3.63) is 48.5 Å². The van der Waals surface area contributed by atoms with Crippen LogP contribution >= 0.6 is 0 Å². The van der Waals surface area contributed by atoms with Gasteiger partial charge < -0.3 is 10.2 Å². The number of benzene rings is 2. The SMILES string of the molecule is CCS(=O)(=O)Nc1ccc(-c2ccc(NC(=O)C3CN4CCC3CC4)cc2)cc1. The highest BCUT2D eigenvalue weighted by molar-refractivity contribution is 7.92. The molecule has 29 heavy (non-hydrogen) atoms. The standard InChI is InChI=1S/C22H27N3O3S/c1-2-29(27,28)24-20-9-5-17(6-10-20)16-3-7-19(8-4-16)23-22(26)21-15-25-13-11-18(21)12-14-25/h3-10,18,21,24H,2,11-15H2,1H3,(H,23,26). The van der Waals surface area contributed by atoms with Crippen molar-refractivity contribution in [1.82, 2.24) is 4.90 Å². The summed E-state index contributed by atoms with van der Waals surface area (Å²) in [4.78, 5) is 15.1. The summed E-state index contributed by atoms with van der Waals surface area (Å²) in [5, 5.41) is 3.07. The highest BCUT2D eigenvalue weighted by atomic mass is 32.2. The van der Waals surface area contributed by atoms with Gasteiger partial charge in [0.1, 0.15) is 0 Å². The summed E-state index contributed by atoms with van der Waals surface area (Å²) in [6.07, 6.45) is 2.25. The predicted octanol–water partition coefficient (Wildman–Crippen LogP) is 3.40. The summed E-state index contributed by atoms with van der Waals surface area (Å²) in [5.74, 6) is 0.779. The Balaban J connectivity index is 1.39. The van der Waals surface area contributed by atoms with E-state index in [0.29, 0.717) is 11.6 Å². The number of rotatable bonds is 6. The lowest BCUT2D eigenvalue weighted by molar-refractivity contribution is -0.125. The molecule has 0 saturated carbocycles. The van der Waals surface area contributed by atoms with Crippen LogP contribution in [0.1, 0.15) is 19.8 Å². The molecule has 3 saturated heterocycles. The van der Waals surface area contributed by atoms with Crippen LogP contribution in [0.2, 0.25) is 0 Å². The van der Waals surface area contributed by atoms with Gasteiger partial charge in [-0.1, -0.05) is 24.3 Å². The molecule has 0 aromatic heterocycles. The molecule has 0 spiro atoms. The van der Waals surface area contributed by atoms with Gasteiger partial charge in [0.15, 0.2) is 0 Å². The van der Waals surface area contributed by atoms with Crippen LogP contribution in [0.4, 0.5) is 11.4 Å². The van der Waals surface area contributed by atoms with E-state index in [4.69, 9.17) is 0 Å². The normalized spacial score (nSPS) is 23.6. The number of carbonyl (C=O) groups excluding carboxylic acids is 1. The Morgan fingerprint density at radius 2 is 1.52 bits per heavy atom. The van der Waals surface area contributed by atoms with Gasteiger partial charge in [0.2, 0.25) is 15.9 Å². The van der Waals surface area contributed by atoms with Crippen LogP contribution in [-0.4, -0.2) is 44.6 Å². The van der Waals surface area contributed by atoms with E-state index >= 15 is 0 Å². The van der Waals surface area contributed by atoms with Crippen molar-refractivity contribution in [3.8, 4) is 11.1 Å². The zero-order chi connectivity index (χ0) is 20.4. The van der Waals surface area contributed by atoms with Crippen LogP contribution in [-0.2, 0) is 14.8 Å². The first-order chi connectivity index (χ1) is 13.9. The van der Waals surface area contributed by atoms with Gasteiger partial charge >= 0.3 is 0 Å². The Kier molecular flexibility index (Phi) is 5.61. The van der Waals surface area contributed by atoms with Crippen LogP contribution in [0.3, 0.4) is 0 Å². The lowest BCUT2D eigenvalue weighted by atomic mass is 9.78. The smallest absolute Gasteiger partial charge is 0.232 e. The molecule has 5 rings (SSSR count). The highest BCUT2D eigenvalue weighted by Gasteiger charge is 2.38. The number of sulfonamides is 1. The van der Waals surface area contributed by atoms with Crippen LogP contribution in [0.5, 0.6) is 0 Å². The second-order valence-corrected chi connectivity index (χ2v) is 9.90. The van der Waals surface area contributed by atoms with Gasteiger partial charge in [0, 0.05) is 17.9 Å². The van der Waals surface area contributed by atoms with Crippen molar-refractivity contribution < 1.29 is 13.2 Å². The average Bonchev–Trinajstić information content (AvgIpc) is 2.75. The third-order valence-electron chi connectivity index (χ3n) is 6.02. The molecule has 2 aromatic rings. The molecule has 7 heteroatoms. The van der Waals surface area contributed by atoms with Gasteiger partial charge in [-0.25, -0.2) is 8.42 Å². The fourth-order valence-corrected chi connectivity index (χ4v) is 4.87. The van der Waals surface area contributed by atoms with Crippen molar-refractivity contribution in [2.45, 2.75) is 19.8 Å². The molecule has 6 nitrogen and oxygen atoms in total. The highest BCUT2D eigenvalue weighted by Crippen LogP contribution is 2.33. The predicted molar refractivity (Wildman–Crippen MR) is 116 cm³/mol. The molecule has 0 radical (unpaired) electrons. The number of piperidine rings is 3. The fourth-order valence-electron chi connectivity index (χ4n) is 4.23. The Labute approximate surface area is 172 Å². The maximum absolute atomic E-state index is 12.7.